The van der Waals surface area contributed by atoms with Crippen molar-refractivity contribution in [2.75, 3.05) is 27.2 Å². The number of hydrogen-bond donors (Lipinski definition) is 2. The van der Waals surface area contributed by atoms with E-state index in [1.165, 1.54) is 0 Å². The van der Waals surface area contributed by atoms with Gasteiger partial charge in [0.25, 0.3) is 0 Å². The van der Waals surface area contributed by atoms with Gasteiger partial charge in [0, 0.05) is 45.4 Å². The Morgan fingerprint density at radius 1 is 1.45 bits per heavy atom. The van der Waals surface area contributed by atoms with Crippen LogP contribution in [0.1, 0.15) is 12.1 Å². The molecule has 0 radical (unpaired) electrons. The minimum atomic E-state index is 0. The van der Waals surface area contributed by atoms with Gasteiger partial charge in [0.05, 0.1) is 6.54 Å². The third kappa shape index (κ3) is 7.93. The zero-order valence-corrected chi connectivity index (χ0v) is 14.2. The molecular weight excluding hydrogens is 369 g/mol. The molecule has 1 amide bonds. The van der Waals surface area contributed by atoms with E-state index >= 15 is 0 Å². The molecule has 0 aliphatic heterocycles. The quantitative estimate of drug-likeness (QED) is 0.423. The molecule has 0 fully saturated rings. The van der Waals surface area contributed by atoms with Crippen LogP contribution in [0.5, 0.6) is 0 Å². The van der Waals surface area contributed by atoms with Gasteiger partial charge in [0.15, 0.2) is 5.96 Å². The summed E-state index contributed by atoms with van der Waals surface area (Å²) >= 11 is 0. The summed E-state index contributed by atoms with van der Waals surface area (Å²) in [6.07, 6.45) is 2.92. The molecule has 1 heterocycles. The average Bonchev–Trinajstić information content (AvgIpc) is 2.39. The number of aliphatic imine (C=N–C) groups is 1. The number of aromatic nitrogens is 1. The molecule has 7 heteroatoms. The first kappa shape index (κ1) is 18.6. The summed E-state index contributed by atoms with van der Waals surface area (Å²) in [4.78, 5) is 21.2. The molecule has 1 aromatic heterocycles. The van der Waals surface area contributed by atoms with Crippen molar-refractivity contribution in [2.45, 2.75) is 12.8 Å². The lowest BCUT2D eigenvalue weighted by Crippen LogP contribution is -2.33. The summed E-state index contributed by atoms with van der Waals surface area (Å²) in [7, 11) is 3.45. The van der Waals surface area contributed by atoms with Gasteiger partial charge in [0.1, 0.15) is 0 Å². The topological polar surface area (TPSA) is 83.6 Å². The number of hydrogen-bond acceptors (Lipinski definition) is 3. The zero-order valence-electron chi connectivity index (χ0n) is 11.9. The minimum Gasteiger partial charge on any atom is -0.370 e. The molecule has 6 nitrogen and oxygen atoms in total. The lowest BCUT2D eigenvalue weighted by molar-refractivity contribution is -0.128. The number of pyridine rings is 1. The lowest BCUT2D eigenvalue weighted by Gasteiger charge is -2.09. The Kier molecular flexibility index (Phi) is 9.69. The van der Waals surface area contributed by atoms with Crippen molar-refractivity contribution < 1.29 is 4.79 Å². The SMILES string of the molecule is CN(C)C(=O)CCN=C(N)NCCc1ccccn1.I. The Hall–Kier alpha value is -1.38. The van der Waals surface area contributed by atoms with Crippen molar-refractivity contribution in [3.8, 4) is 0 Å². The molecule has 1 aromatic rings. The summed E-state index contributed by atoms with van der Waals surface area (Å²) in [5, 5.41) is 3.00. The highest BCUT2D eigenvalue weighted by Crippen LogP contribution is 1.93. The molecule has 112 valence electrons. The third-order valence-corrected chi connectivity index (χ3v) is 2.52. The van der Waals surface area contributed by atoms with Crippen LogP contribution in [0.2, 0.25) is 0 Å². The third-order valence-electron chi connectivity index (χ3n) is 2.52. The van der Waals surface area contributed by atoms with Gasteiger partial charge >= 0.3 is 0 Å². The fourth-order valence-corrected chi connectivity index (χ4v) is 1.42. The molecule has 0 saturated heterocycles. The molecular formula is C13H22IN5O. The second-order valence-electron chi connectivity index (χ2n) is 4.30. The van der Waals surface area contributed by atoms with Crippen molar-refractivity contribution in [3.05, 3.63) is 30.1 Å². The van der Waals surface area contributed by atoms with Gasteiger partial charge in [0.2, 0.25) is 5.91 Å². The first-order valence-corrected chi connectivity index (χ1v) is 6.23. The van der Waals surface area contributed by atoms with E-state index in [1.54, 1.807) is 25.2 Å². The number of nitrogens with two attached hydrogens (primary N) is 1. The number of nitrogens with zero attached hydrogens (tertiary/aromatic N) is 3. The van der Waals surface area contributed by atoms with Crippen molar-refractivity contribution in [1.82, 2.24) is 15.2 Å². The summed E-state index contributed by atoms with van der Waals surface area (Å²) in [5.74, 6) is 0.410. The second-order valence-corrected chi connectivity index (χ2v) is 4.30. The van der Waals surface area contributed by atoms with Crippen molar-refractivity contribution in [2.24, 2.45) is 10.7 Å². The molecule has 0 aromatic carbocycles. The van der Waals surface area contributed by atoms with E-state index in [2.05, 4.69) is 15.3 Å². The second kappa shape index (κ2) is 10.4. The maximum atomic E-state index is 11.3. The summed E-state index contributed by atoms with van der Waals surface area (Å²) in [5.41, 5.74) is 6.70. The van der Waals surface area contributed by atoms with Crippen LogP contribution in [-0.2, 0) is 11.2 Å². The Morgan fingerprint density at radius 3 is 2.80 bits per heavy atom. The van der Waals surface area contributed by atoms with Crippen LogP contribution in [0.3, 0.4) is 0 Å². The predicted octanol–water partition coefficient (Wildman–Crippen LogP) is 0.625. The van der Waals surface area contributed by atoms with Gasteiger partial charge in [-0.05, 0) is 12.1 Å². The fraction of sp³-hybridized carbons (Fsp3) is 0.462. The van der Waals surface area contributed by atoms with Crippen molar-refractivity contribution >= 4 is 35.8 Å². The van der Waals surface area contributed by atoms with E-state index in [0.29, 0.717) is 25.5 Å². The largest absolute Gasteiger partial charge is 0.370 e. The number of carbonyl (C=O) groups is 1. The van der Waals surface area contributed by atoms with Crippen molar-refractivity contribution in [3.63, 3.8) is 0 Å². The van der Waals surface area contributed by atoms with E-state index in [4.69, 9.17) is 5.73 Å². The van der Waals surface area contributed by atoms with Crippen LogP contribution >= 0.6 is 24.0 Å². The molecule has 0 unspecified atom stereocenters. The van der Waals surface area contributed by atoms with E-state index in [9.17, 15) is 4.79 Å². The highest BCUT2D eigenvalue weighted by atomic mass is 127. The molecule has 0 aliphatic rings. The number of amides is 1. The van der Waals surface area contributed by atoms with Crippen LogP contribution in [0.25, 0.3) is 0 Å². The van der Waals surface area contributed by atoms with Gasteiger partial charge in [-0.3, -0.25) is 14.8 Å². The monoisotopic (exact) mass is 391 g/mol. The molecule has 0 saturated carbocycles. The molecule has 1 rings (SSSR count). The van der Waals surface area contributed by atoms with Crippen LogP contribution in [0.15, 0.2) is 29.4 Å². The predicted molar refractivity (Wildman–Crippen MR) is 91.2 cm³/mol. The normalized spacial score (nSPS) is 10.6. The molecule has 3 N–H and O–H groups in total. The maximum Gasteiger partial charge on any atom is 0.223 e. The van der Waals surface area contributed by atoms with Gasteiger partial charge in [-0.2, -0.15) is 0 Å². The average molecular weight is 391 g/mol. The van der Waals surface area contributed by atoms with Crippen LogP contribution in [0.4, 0.5) is 0 Å². The van der Waals surface area contributed by atoms with Crippen molar-refractivity contribution in [1.29, 1.82) is 0 Å². The molecule has 0 atom stereocenters. The first-order chi connectivity index (χ1) is 9.09. The first-order valence-electron chi connectivity index (χ1n) is 6.23. The van der Waals surface area contributed by atoms with Crippen LogP contribution in [-0.4, -0.2) is 48.9 Å². The van der Waals surface area contributed by atoms with Gasteiger partial charge in [-0.25, -0.2) is 0 Å². The summed E-state index contributed by atoms with van der Waals surface area (Å²) in [6, 6.07) is 5.80. The Morgan fingerprint density at radius 2 is 2.20 bits per heavy atom. The van der Waals surface area contributed by atoms with Gasteiger partial charge < -0.3 is 16.0 Å². The standard InChI is InChI=1S/C13H21N5O.HI/c1-18(2)12(19)7-10-17-13(14)16-9-6-11-5-3-4-8-15-11;/h3-5,8H,6-7,9-10H2,1-2H3,(H3,14,16,17);1H. The van der Waals surface area contributed by atoms with Crippen LogP contribution in [0, 0.1) is 0 Å². The number of carbonyl (C=O) groups excluding carboxylic acids is 1. The van der Waals surface area contributed by atoms with Gasteiger partial charge in [-0.1, -0.05) is 6.07 Å². The van der Waals surface area contributed by atoms with E-state index in [-0.39, 0.29) is 29.9 Å². The van der Waals surface area contributed by atoms with E-state index < -0.39 is 0 Å². The summed E-state index contributed by atoms with van der Waals surface area (Å²) < 4.78 is 0. The minimum absolute atomic E-state index is 0. The Labute approximate surface area is 136 Å². The number of guanidine groups is 1. The van der Waals surface area contributed by atoms with Gasteiger partial charge in [-0.15, -0.1) is 24.0 Å². The highest BCUT2D eigenvalue weighted by molar-refractivity contribution is 14.0. The maximum absolute atomic E-state index is 11.3. The lowest BCUT2D eigenvalue weighted by atomic mass is 10.3. The molecule has 0 aliphatic carbocycles. The molecule has 0 bridgehead atoms. The number of nitrogens with one attached hydrogen (secondary N) is 1. The number of rotatable bonds is 6. The Balaban J connectivity index is 0.00000361. The van der Waals surface area contributed by atoms with E-state index in [1.807, 2.05) is 18.2 Å². The Bertz CT molecular complexity index is 422. The number of halogens is 1. The van der Waals surface area contributed by atoms with Crippen LogP contribution < -0.4 is 11.1 Å². The smallest absolute Gasteiger partial charge is 0.223 e. The fourth-order valence-electron chi connectivity index (χ4n) is 1.42. The highest BCUT2D eigenvalue weighted by Gasteiger charge is 2.02. The molecule has 20 heavy (non-hydrogen) atoms. The molecule has 0 spiro atoms. The zero-order chi connectivity index (χ0) is 14.1. The van der Waals surface area contributed by atoms with E-state index in [0.717, 1.165) is 12.1 Å². The summed E-state index contributed by atoms with van der Waals surface area (Å²) in [6.45, 7) is 1.08.